The van der Waals surface area contributed by atoms with Crippen molar-refractivity contribution in [3.05, 3.63) is 59.7 Å². The SMILES string of the molecule is CC.CC.CC(=O)C(C)N(Cc1ccccc1S)C(C)=O.CC(C)=O.CCC.CCC.CSc1ccccc1CNC(C)C(C)=O. The smallest absolute Gasteiger partial charge is 0.220 e. The van der Waals surface area contributed by atoms with Gasteiger partial charge in [-0.05, 0) is 71.1 Å². The Labute approximate surface area is 293 Å². The molecule has 0 bridgehead atoms. The second-order valence-corrected chi connectivity index (χ2v) is 11.2. The molecule has 2 atom stereocenters. The number of thioether (sulfide) groups is 1. The van der Waals surface area contributed by atoms with Gasteiger partial charge < -0.3 is 15.0 Å². The number of nitrogens with zero attached hydrogens (tertiary/aromatic N) is 1. The summed E-state index contributed by atoms with van der Waals surface area (Å²) in [7, 11) is 0. The van der Waals surface area contributed by atoms with Crippen molar-refractivity contribution in [2.75, 3.05) is 6.26 Å². The van der Waals surface area contributed by atoms with Gasteiger partial charge in [-0.25, -0.2) is 0 Å². The van der Waals surface area contributed by atoms with E-state index in [1.807, 2.05) is 71.0 Å². The Balaban J connectivity index is -0.000000175. The van der Waals surface area contributed by atoms with E-state index in [1.54, 1.807) is 30.5 Å². The predicted octanol–water partition coefficient (Wildman–Crippen LogP) is 10.3. The van der Waals surface area contributed by atoms with Crippen molar-refractivity contribution in [3.8, 4) is 0 Å². The van der Waals surface area contributed by atoms with Crippen LogP contribution in [0.1, 0.15) is 128 Å². The number of nitrogens with one attached hydrogen (secondary N) is 1. The zero-order valence-electron chi connectivity index (χ0n) is 32.0. The molecule has 0 aliphatic rings. The molecule has 0 aromatic heterocycles. The fourth-order valence-corrected chi connectivity index (χ4v) is 3.67. The van der Waals surface area contributed by atoms with Gasteiger partial charge in [0.1, 0.15) is 11.6 Å². The minimum Gasteiger partial charge on any atom is -0.329 e. The van der Waals surface area contributed by atoms with Crippen molar-refractivity contribution >= 4 is 47.6 Å². The van der Waals surface area contributed by atoms with E-state index in [4.69, 9.17) is 0 Å². The Kier molecular flexibility index (Phi) is 42.7. The van der Waals surface area contributed by atoms with Crippen LogP contribution in [-0.4, -0.2) is 46.5 Å². The van der Waals surface area contributed by atoms with Crippen LogP contribution in [0.3, 0.4) is 0 Å². The number of Topliss-reactive ketones (excluding diaryl/α,β-unsaturated/α-hetero) is 3. The number of carbonyl (C=O) groups is 4. The second-order valence-electron chi connectivity index (χ2n) is 9.91. The van der Waals surface area contributed by atoms with Gasteiger partial charge in [0, 0.05) is 29.8 Å². The first-order valence-electron chi connectivity index (χ1n) is 16.5. The van der Waals surface area contributed by atoms with Crippen molar-refractivity contribution in [2.24, 2.45) is 0 Å². The predicted molar refractivity (Wildman–Crippen MR) is 206 cm³/mol. The lowest BCUT2D eigenvalue weighted by molar-refractivity contribution is -0.137. The zero-order valence-corrected chi connectivity index (χ0v) is 33.7. The molecule has 266 valence electrons. The molecule has 2 rings (SSSR count). The quantitative estimate of drug-likeness (QED) is 0.203. The summed E-state index contributed by atoms with van der Waals surface area (Å²) in [6.07, 6.45) is 4.56. The van der Waals surface area contributed by atoms with Gasteiger partial charge >= 0.3 is 0 Å². The van der Waals surface area contributed by atoms with E-state index in [9.17, 15) is 19.2 Å². The van der Waals surface area contributed by atoms with Crippen LogP contribution in [0.25, 0.3) is 0 Å². The fraction of sp³-hybridized carbons (Fsp3) is 0.579. The number of hydrogen-bond donors (Lipinski definition) is 2. The van der Waals surface area contributed by atoms with Gasteiger partial charge in [0.25, 0.3) is 0 Å². The summed E-state index contributed by atoms with van der Waals surface area (Å²) in [5.41, 5.74) is 2.19. The first-order valence-corrected chi connectivity index (χ1v) is 18.2. The molecule has 0 fully saturated rings. The van der Waals surface area contributed by atoms with Crippen LogP contribution >= 0.6 is 24.4 Å². The fourth-order valence-electron chi connectivity index (χ4n) is 2.82. The third-order valence-electron chi connectivity index (χ3n) is 5.19. The Morgan fingerprint density at radius 2 is 1.13 bits per heavy atom. The minimum atomic E-state index is -0.402. The van der Waals surface area contributed by atoms with Crippen LogP contribution in [0.4, 0.5) is 0 Å². The molecule has 0 saturated heterocycles. The summed E-state index contributed by atoms with van der Waals surface area (Å²) in [6, 6.07) is 15.3. The number of thiol groups is 1. The molecule has 0 aliphatic carbocycles. The number of rotatable bonds is 9. The van der Waals surface area contributed by atoms with Crippen LogP contribution in [-0.2, 0) is 32.3 Å². The average Bonchev–Trinajstić information content (AvgIpc) is 3.01. The molecule has 0 radical (unpaired) electrons. The van der Waals surface area contributed by atoms with Gasteiger partial charge in [-0.15, -0.1) is 24.4 Å². The number of amides is 1. The van der Waals surface area contributed by atoms with Gasteiger partial charge in [0.2, 0.25) is 5.91 Å². The summed E-state index contributed by atoms with van der Waals surface area (Å²) < 4.78 is 0. The van der Waals surface area contributed by atoms with Crippen LogP contribution in [0.15, 0.2) is 58.3 Å². The molecule has 0 saturated carbocycles. The van der Waals surface area contributed by atoms with E-state index in [1.165, 1.54) is 51.0 Å². The number of carbonyl (C=O) groups excluding carboxylic acids is 4. The lowest BCUT2D eigenvalue weighted by Gasteiger charge is -2.26. The highest BCUT2D eigenvalue weighted by Crippen LogP contribution is 2.19. The zero-order chi connectivity index (χ0) is 37.3. The summed E-state index contributed by atoms with van der Waals surface area (Å²) in [5, 5.41) is 3.21. The minimum absolute atomic E-state index is 0.0168. The van der Waals surface area contributed by atoms with E-state index in [2.05, 4.69) is 64.0 Å². The molecular weight excluding hydrogens is 613 g/mol. The molecule has 8 heteroatoms. The van der Waals surface area contributed by atoms with E-state index in [-0.39, 0.29) is 29.3 Å². The van der Waals surface area contributed by atoms with E-state index in [0.29, 0.717) is 6.54 Å². The van der Waals surface area contributed by atoms with E-state index >= 15 is 0 Å². The summed E-state index contributed by atoms with van der Waals surface area (Å²) in [5.74, 6) is 0.220. The third kappa shape index (κ3) is 31.6. The molecule has 2 aromatic rings. The van der Waals surface area contributed by atoms with Gasteiger partial charge in [0.05, 0.1) is 12.1 Å². The summed E-state index contributed by atoms with van der Waals surface area (Å²) in [6.45, 7) is 28.9. The molecular formula is C38H68N2O4S2. The van der Waals surface area contributed by atoms with Crippen molar-refractivity contribution in [3.63, 3.8) is 0 Å². The van der Waals surface area contributed by atoms with Crippen molar-refractivity contribution in [1.29, 1.82) is 0 Å². The second kappa shape index (κ2) is 37.0. The van der Waals surface area contributed by atoms with Crippen LogP contribution in [0.2, 0.25) is 0 Å². The maximum Gasteiger partial charge on any atom is 0.220 e. The normalized spacial score (nSPS) is 10.1. The van der Waals surface area contributed by atoms with Gasteiger partial charge in [-0.3, -0.25) is 14.4 Å². The highest BCUT2D eigenvalue weighted by molar-refractivity contribution is 7.98. The number of hydrogen-bond acceptors (Lipinski definition) is 7. The molecule has 1 N–H and O–H groups in total. The Morgan fingerprint density at radius 1 is 0.739 bits per heavy atom. The van der Waals surface area contributed by atoms with Crippen molar-refractivity contribution in [2.45, 2.75) is 152 Å². The lowest BCUT2D eigenvalue weighted by atomic mass is 10.1. The Bertz CT molecular complexity index is 1040. The lowest BCUT2D eigenvalue weighted by Crippen LogP contribution is -2.40. The highest BCUT2D eigenvalue weighted by Gasteiger charge is 2.21. The first kappa shape index (κ1) is 53.1. The van der Waals surface area contributed by atoms with Gasteiger partial charge in [0.15, 0.2) is 5.78 Å². The molecule has 2 aromatic carbocycles. The van der Waals surface area contributed by atoms with Crippen LogP contribution < -0.4 is 5.32 Å². The summed E-state index contributed by atoms with van der Waals surface area (Å²) in [4.78, 5) is 47.0. The van der Waals surface area contributed by atoms with Gasteiger partial charge in [-0.2, -0.15) is 0 Å². The van der Waals surface area contributed by atoms with Crippen LogP contribution in [0.5, 0.6) is 0 Å². The molecule has 46 heavy (non-hydrogen) atoms. The van der Waals surface area contributed by atoms with E-state index < -0.39 is 6.04 Å². The Morgan fingerprint density at radius 3 is 1.48 bits per heavy atom. The third-order valence-corrected chi connectivity index (χ3v) is 6.47. The Hall–Kier alpha value is -2.42. The molecule has 0 spiro atoms. The molecule has 0 aliphatic heterocycles. The molecule has 1 amide bonds. The molecule has 2 unspecified atom stereocenters. The monoisotopic (exact) mass is 680 g/mol. The van der Waals surface area contributed by atoms with Gasteiger partial charge in [-0.1, -0.05) is 105 Å². The van der Waals surface area contributed by atoms with Crippen molar-refractivity contribution in [1.82, 2.24) is 10.2 Å². The maximum atomic E-state index is 11.6. The largest absolute Gasteiger partial charge is 0.329 e. The standard InChI is InChI=1S/C13H17NO2S.C12H17NOS.C3H6O.2C3H8.2C2H6/c1-9(10(2)15)14(11(3)16)8-12-6-4-5-7-13(12)17;1-9(10(2)14)13-8-11-6-4-5-7-12(11)15-3;1-3(2)4;2*1-3-2;2*1-2/h4-7,9,17H,8H2,1-3H3;4-7,9,13H,8H2,1-3H3;1-2H3;2*3H2,1-2H3;2*1-2H3. The van der Waals surface area contributed by atoms with Crippen LogP contribution in [0, 0.1) is 0 Å². The number of benzene rings is 2. The topological polar surface area (TPSA) is 83.6 Å². The maximum absolute atomic E-state index is 11.6. The molecule has 0 heterocycles. The van der Waals surface area contributed by atoms with Crippen molar-refractivity contribution < 1.29 is 19.2 Å². The van der Waals surface area contributed by atoms with E-state index in [0.717, 1.165) is 17.0 Å². The summed E-state index contributed by atoms with van der Waals surface area (Å²) >= 11 is 6.07. The molecule has 6 nitrogen and oxygen atoms in total. The highest BCUT2D eigenvalue weighted by atomic mass is 32.2. The number of ketones is 3. The first-order chi connectivity index (χ1) is 21.6. The average molecular weight is 681 g/mol.